The van der Waals surface area contributed by atoms with Crippen LogP contribution in [0.5, 0.6) is 17.2 Å². The number of aromatic nitrogens is 1. The maximum Gasteiger partial charge on any atom is 0.119 e. The van der Waals surface area contributed by atoms with Crippen molar-refractivity contribution >= 4 is 172 Å². The molecule has 0 amide bonds. The third kappa shape index (κ3) is 14.2. The van der Waals surface area contributed by atoms with Crippen molar-refractivity contribution in [2.24, 2.45) is 0 Å². The first kappa shape index (κ1) is 79.1. The largest absolute Gasteiger partial charge is 0.494 e. The molecular weight excluding hydrogens is 1490 g/mol. The SMILES string of the molecule is CCCCCCOc1ccc(-c2cc3cc4ccccc4c4c5cc(C(C)(C)C)cc6ccc7cc(C(C)(C)C)c2c(c7c65)c34)cc1.CCCCCCOc1ccc(-c2cc3cc4ccccc4c4cc5ccc6cc(C(C)(C)C)cc7cc2c(c34)c5c67)cc1.CCCCCCOc1ccc(-c2cc3cc4ccccc4c4ccc5nccc2c5c34)cc1. The summed E-state index contributed by atoms with van der Waals surface area (Å²) in [4.78, 5) is 4.70. The van der Waals surface area contributed by atoms with E-state index in [0.717, 1.165) is 61.8 Å². The summed E-state index contributed by atoms with van der Waals surface area (Å²) in [5, 5.41) is 41.5. The summed E-state index contributed by atoms with van der Waals surface area (Å²) < 4.78 is 18.3. The molecule has 21 aromatic carbocycles. The van der Waals surface area contributed by atoms with E-state index >= 15 is 0 Å². The smallest absolute Gasteiger partial charge is 0.119 e. The predicted molar refractivity (Wildman–Crippen MR) is 534 cm³/mol. The third-order valence-corrected chi connectivity index (χ3v) is 26.8. The Kier molecular flexibility index (Phi) is 20.5. The first-order valence-electron chi connectivity index (χ1n) is 45.6. The van der Waals surface area contributed by atoms with Crippen molar-refractivity contribution in [2.45, 2.75) is 176 Å². The molecular formula is C119H111NO3. The number of hydrogen-bond donors (Lipinski definition) is 0. The summed E-state index contributed by atoms with van der Waals surface area (Å²) in [6, 6.07) is 100. The zero-order chi connectivity index (χ0) is 84.2. The molecule has 0 aliphatic carbocycles. The van der Waals surface area contributed by atoms with Crippen LogP contribution >= 0.6 is 0 Å². The van der Waals surface area contributed by atoms with Crippen molar-refractivity contribution in [3.8, 4) is 50.6 Å². The van der Waals surface area contributed by atoms with Crippen molar-refractivity contribution in [1.82, 2.24) is 4.98 Å². The van der Waals surface area contributed by atoms with Gasteiger partial charge in [-0.1, -0.05) is 299 Å². The van der Waals surface area contributed by atoms with Crippen molar-refractivity contribution in [2.75, 3.05) is 19.8 Å². The Labute approximate surface area is 723 Å². The molecule has 0 unspecified atom stereocenters. The molecule has 1 aromatic heterocycles. The standard InChI is InChI=1S/C46H46O.C42H38O.C31H27NO/c1-8-9-10-13-22-47-34-20-18-28(19-21-34)36-25-32-23-29-14-11-12-15-35(29)42-37-27-33(45(2,3)4)24-30-16-17-31-26-38(46(5,6)7)43(36)44(41(32)42)40(31)39(30)37;1-5-6-7-10-19-43-33-17-15-26(16-18-33)35-24-30-20-27-11-8-9-12-34(27)36-23-29-14-13-28-21-32(42(2,3)4)22-31-25-37(35)41(39(30)36)40(29)38(28)31;1-2-3-4-7-18-33-24-12-10-21(11-13-24)28-20-23-19-22-8-5-6-9-25(22)26-14-15-29-31(30(23)26)27(28)16-17-32-29/h11-12,14-21,23-27H,8-10,13,22H2,1-7H3;8-9,11-18,20-25H,5-7,10,19H2,1-4H3;5-6,8-17,19-20H,2-4,7,18H2,1H3. The second kappa shape index (κ2) is 31.8. The van der Waals surface area contributed by atoms with Crippen molar-refractivity contribution in [1.29, 1.82) is 0 Å². The van der Waals surface area contributed by atoms with Crippen LogP contribution in [-0.2, 0) is 16.2 Å². The van der Waals surface area contributed by atoms with Gasteiger partial charge in [0.25, 0.3) is 0 Å². The van der Waals surface area contributed by atoms with E-state index in [9.17, 15) is 0 Å². The third-order valence-electron chi connectivity index (χ3n) is 26.8. The van der Waals surface area contributed by atoms with E-state index in [1.54, 1.807) is 0 Å². The number of nitrogens with zero attached hydrogens (tertiary/aromatic N) is 1. The molecule has 22 rings (SSSR count). The van der Waals surface area contributed by atoms with E-state index in [4.69, 9.17) is 19.2 Å². The van der Waals surface area contributed by atoms with Crippen molar-refractivity contribution in [3.63, 3.8) is 0 Å². The number of benzene rings is 21. The van der Waals surface area contributed by atoms with Gasteiger partial charge in [-0.05, 0) is 356 Å². The van der Waals surface area contributed by atoms with Gasteiger partial charge in [-0.2, -0.15) is 0 Å². The van der Waals surface area contributed by atoms with Gasteiger partial charge in [0.2, 0.25) is 0 Å². The van der Waals surface area contributed by atoms with Crippen molar-refractivity contribution < 1.29 is 14.2 Å². The van der Waals surface area contributed by atoms with Gasteiger partial charge in [-0.3, -0.25) is 4.98 Å². The maximum atomic E-state index is 6.17. The Morgan fingerprint density at radius 3 is 1.17 bits per heavy atom. The van der Waals surface area contributed by atoms with Crippen LogP contribution in [0.4, 0.5) is 0 Å². The molecule has 123 heavy (non-hydrogen) atoms. The molecule has 0 aliphatic heterocycles. The van der Waals surface area contributed by atoms with E-state index in [1.165, 1.54) is 275 Å². The molecule has 22 aromatic rings. The second-order valence-corrected chi connectivity index (χ2v) is 38.3. The van der Waals surface area contributed by atoms with Crippen molar-refractivity contribution in [3.05, 3.63) is 290 Å². The highest BCUT2D eigenvalue weighted by atomic mass is 16.5. The zero-order valence-corrected chi connectivity index (χ0v) is 73.8. The van der Waals surface area contributed by atoms with Crippen LogP contribution in [0.25, 0.3) is 206 Å². The molecule has 0 radical (unpaired) electrons. The molecule has 4 heteroatoms. The highest BCUT2D eigenvalue weighted by Gasteiger charge is 2.30. The maximum absolute atomic E-state index is 6.17. The molecule has 0 aliphatic rings. The molecule has 610 valence electrons. The summed E-state index contributed by atoms with van der Waals surface area (Å²) in [6.07, 6.45) is 16.5. The quantitative estimate of drug-likeness (QED) is 0.0408. The Morgan fingerprint density at radius 1 is 0.228 bits per heavy atom. The lowest BCUT2D eigenvalue weighted by Crippen LogP contribution is -2.13. The number of rotatable bonds is 21. The molecule has 0 bridgehead atoms. The normalized spacial score (nSPS) is 12.6. The van der Waals surface area contributed by atoms with Gasteiger partial charge in [-0.15, -0.1) is 0 Å². The molecule has 0 saturated heterocycles. The molecule has 0 saturated carbocycles. The van der Waals surface area contributed by atoms with Crippen LogP contribution in [0.3, 0.4) is 0 Å². The zero-order valence-electron chi connectivity index (χ0n) is 73.8. The van der Waals surface area contributed by atoms with Gasteiger partial charge >= 0.3 is 0 Å². The Bertz CT molecular complexity index is 7680. The van der Waals surface area contributed by atoms with E-state index in [2.05, 4.69) is 350 Å². The molecule has 0 fully saturated rings. The summed E-state index contributed by atoms with van der Waals surface area (Å²) in [6.45, 7) is 30.1. The van der Waals surface area contributed by atoms with Crippen LogP contribution in [0, 0.1) is 0 Å². The van der Waals surface area contributed by atoms with E-state index < -0.39 is 0 Å². The fraction of sp³-hybridized carbons (Fsp3) is 0.252. The van der Waals surface area contributed by atoms with Crippen LogP contribution in [0.15, 0.2) is 273 Å². The minimum atomic E-state index is -0.0412. The van der Waals surface area contributed by atoms with E-state index in [0.29, 0.717) is 0 Å². The Hall–Kier alpha value is -12.4. The number of unbranched alkanes of at least 4 members (excludes halogenated alkanes) is 9. The van der Waals surface area contributed by atoms with Gasteiger partial charge in [0.15, 0.2) is 0 Å². The van der Waals surface area contributed by atoms with Gasteiger partial charge in [0.05, 0.1) is 25.3 Å². The van der Waals surface area contributed by atoms with E-state index in [1.807, 2.05) is 6.20 Å². The van der Waals surface area contributed by atoms with Crippen LogP contribution < -0.4 is 14.2 Å². The molecule has 0 atom stereocenters. The lowest BCUT2D eigenvalue weighted by molar-refractivity contribution is 0.305. The van der Waals surface area contributed by atoms with Gasteiger partial charge in [0, 0.05) is 11.6 Å². The van der Waals surface area contributed by atoms with Crippen LogP contribution in [0.1, 0.15) is 177 Å². The summed E-state index contributed by atoms with van der Waals surface area (Å²) in [5.74, 6) is 2.85. The topological polar surface area (TPSA) is 40.6 Å². The Morgan fingerprint density at radius 2 is 0.634 bits per heavy atom. The molecule has 0 N–H and O–H groups in total. The number of ether oxygens (including phenoxy) is 3. The predicted octanol–water partition coefficient (Wildman–Crippen LogP) is 34.9. The molecule has 1 heterocycles. The minimum Gasteiger partial charge on any atom is -0.494 e. The first-order valence-corrected chi connectivity index (χ1v) is 45.6. The highest BCUT2D eigenvalue weighted by Crippen LogP contribution is 2.55. The van der Waals surface area contributed by atoms with Gasteiger partial charge < -0.3 is 14.2 Å². The van der Waals surface area contributed by atoms with E-state index in [-0.39, 0.29) is 16.2 Å². The number of pyridine rings is 1. The number of hydrogen-bond acceptors (Lipinski definition) is 4. The average Bonchev–Trinajstić information content (AvgIpc) is 0.683. The first-order chi connectivity index (χ1) is 59.8. The monoisotopic (exact) mass is 1600 g/mol. The molecule has 0 spiro atoms. The van der Waals surface area contributed by atoms with Gasteiger partial charge in [0.1, 0.15) is 17.2 Å². The minimum absolute atomic E-state index is 0.0412. The summed E-state index contributed by atoms with van der Waals surface area (Å²) in [5.41, 5.74) is 12.8. The Balaban J connectivity index is 0.000000119. The lowest BCUT2D eigenvalue weighted by Gasteiger charge is -2.29. The fourth-order valence-corrected chi connectivity index (χ4v) is 20.5. The average molecular weight is 1600 g/mol. The number of fused-ring (bicyclic) bond motifs is 7. The second-order valence-electron chi connectivity index (χ2n) is 38.3. The lowest BCUT2D eigenvalue weighted by atomic mass is 9.74. The highest BCUT2D eigenvalue weighted by molar-refractivity contribution is 6.45. The van der Waals surface area contributed by atoms with Crippen LogP contribution in [0.2, 0.25) is 0 Å². The molecule has 4 nitrogen and oxygen atoms in total. The summed E-state index contributed by atoms with van der Waals surface area (Å²) >= 11 is 0. The van der Waals surface area contributed by atoms with Crippen LogP contribution in [-0.4, -0.2) is 24.8 Å². The van der Waals surface area contributed by atoms with Gasteiger partial charge in [-0.25, -0.2) is 0 Å². The summed E-state index contributed by atoms with van der Waals surface area (Å²) in [7, 11) is 0. The fourth-order valence-electron chi connectivity index (χ4n) is 20.5.